The molecule has 1 atom stereocenters. The monoisotopic (exact) mass is 304 g/mol. The fraction of sp³-hybridized carbons (Fsp3) is 0.417. The summed E-state index contributed by atoms with van der Waals surface area (Å²) >= 11 is 0. The van der Waals surface area contributed by atoms with Crippen LogP contribution in [-0.4, -0.2) is 26.0 Å². The molecule has 0 spiro atoms. The highest BCUT2D eigenvalue weighted by molar-refractivity contribution is 7.91. The van der Waals surface area contributed by atoms with Crippen LogP contribution in [0.3, 0.4) is 0 Å². The predicted molar refractivity (Wildman–Crippen MR) is 66.8 cm³/mol. The smallest absolute Gasteiger partial charge is 0.381 e. The molecular formula is C12H11F3N2O2S. The van der Waals surface area contributed by atoms with Gasteiger partial charge >= 0.3 is 6.18 Å². The van der Waals surface area contributed by atoms with Crippen molar-refractivity contribution in [2.75, 3.05) is 16.8 Å². The zero-order valence-electron chi connectivity index (χ0n) is 10.2. The van der Waals surface area contributed by atoms with E-state index in [0.29, 0.717) is 0 Å². The number of hydrogen-bond donors (Lipinski definition) is 1. The van der Waals surface area contributed by atoms with Crippen molar-refractivity contribution in [3.63, 3.8) is 0 Å². The first-order valence-corrected chi connectivity index (χ1v) is 7.62. The van der Waals surface area contributed by atoms with Gasteiger partial charge in [0.15, 0.2) is 9.84 Å². The quantitative estimate of drug-likeness (QED) is 0.909. The summed E-state index contributed by atoms with van der Waals surface area (Å²) < 4.78 is 61.2. The zero-order valence-corrected chi connectivity index (χ0v) is 11.1. The lowest BCUT2D eigenvalue weighted by molar-refractivity contribution is -0.137. The Bertz CT molecular complexity index is 662. The Hall–Kier alpha value is -1.75. The van der Waals surface area contributed by atoms with E-state index in [1.165, 1.54) is 0 Å². The van der Waals surface area contributed by atoms with E-state index >= 15 is 0 Å². The van der Waals surface area contributed by atoms with Crippen molar-refractivity contribution in [3.8, 4) is 6.07 Å². The highest BCUT2D eigenvalue weighted by atomic mass is 32.2. The summed E-state index contributed by atoms with van der Waals surface area (Å²) in [7, 11) is -3.19. The Kier molecular flexibility index (Phi) is 3.65. The minimum Gasteiger partial charge on any atom is -0.381 e. The topological polar surface area (TPSA) is 70.0 Å². The number of anilines is 1. The summed E-state index contributed by atoms with van der Waals surface area (Å²) in [4.78, 5) is 0. The van der Waals surface area contributed by atoms with Gasteiger partial charge in [0.25, 0.3) is 0 Å². The van der Waals surface area contributed by atoms with E-state index < -0.39 is 27.6 Å². The maximum atomic E-state index is 12.9. The van der Waals surface area contributed by atoms with Gasteiger partial charge < -0.3 is 5.32 Å². The lowest BCUT2D eigenvalue weighted by atomic mass is 10.1. The third kappa shape index (κ3) is 3.22. The van der Waals surface area contributed by atoms with E-state index in [1.54, 1.807) is 6.07 Å². The van der Waals surface area contributed by atoms with Gasteiger partial charge in [-0.1, -0.05) is 0 Å². The molecule has 1 heterocycles. The van der Waals surface area contributed by atoms with Crippen LogP contribution in [0.15, 0.2) is 18.2 Å². The van der Waals surface area contributed by atoms with Crippen LogP contribution in [0.25, 0.3) is 0 Å². The molecule has 2 rings (SSSR count). The van der Waals surface area contributed by atoms with E-state index in [2.05, 4.69) is 5.32 Å². The Labute approximate surface area is 114 Å². The van der Waals surface area contributed by atoms with Gasteiger partial charge in [0.1, 0.15) is 0 Å². The van der Waals surface area contributed by atoms with Gasteiger partial charge in [0.2, 0.25) is 0 Å². The standard InChI is InChI=1S/C12H11F3N2O2S/c13-12(14,15)10-2-1-8(6-16)5-11(10)17-9-3-4-20(18,19)7-9/h1-2,5,9,17H,3-4,7H2/t9-/m0/s1. The maximum absolute atomic E-state index is 12.9. The largest absolute Gasteiger partial charge is 0.418 e. The van der Waals surface area contributed by atoms with Crippen LogP contribution in [0.5, 0.6) is 0 Å². The van der Waals surface area contributed by atoms with Crippen molar-refractivity contribution in [3.05, 3.63) is 29.3 Å². The molecule has 0 bridgehead atoms. The molecule has 0 saturated carbocycles. The maximum Gasteiger partial charge on any atom is 0.418 e. The normalized spacial score (nSPS) is 21.4. The highest BCUT2D eigenvalue weighted by Crippen LogP contribution is 2.36. The van der Waals surface area contributed by atoms with Gasteiger partial charge in [0, 0.05) is 11.7 Å². The van der Waals surface area contributed by atoms with Crippen molar-refractivity contribution in [2.45, 2.75) is 18.6 Å². The zero-order chi connectivity index (χ0) is 15.0. The molecule has 1 aliphatic rings. The van der Waals surface area contributed by atoms with Gasteiger partial charge in [-0.15, -0.1) is 0 Å². The summed E-state index contributed by atoms with van der Waals surface area (Å²) in [5.74, 6) is -0.231. The predicted octanol–water partition coefficient (Wildman–Crippen LogP) is 2.18. The van der Waals surface area contributed by atoms with Crippen molar-refractivity contribution >= 4 is 15.5 Å². The molecule has 1 N–H and O–H groups in total. The summed E-state index contributed by atoms with van der Waals surface area (Å²) in [6, 6.07) is 4.20. The third-order valence-corrected chi connectivity index (χ3v) is 4.81. The van der Waals surface area contributed by atoms with Crippen LogP contribution >= 0.6 is 0 Å². The minimum atomic E-state index is -4.56. The number of alkyl halides is 3. The van der Waals surface area contributed by atoms with Crippen molar-refractivity contribution in [1.82, 2.24) is 0 Å². The highest BCUT2D eigenvalue weighted by Gasteiger charge is 2.35. The van der Waals surface area contributed by atoms with E-state index in [4.69, 9.17) is 5.26 Å². The molecule has 0 aliphatic carbocycles. The van der Waals surface area contributed by atoms with Gasteiger partial charge in [-0.25, -0.2) is 8.42 Å². The van der Waals surface area contributed by atoms with Gasteiger partial charge in [-0.2, -0.15) is 18.4 Å². The average Bonchev–Trinajstić information content (AvgIpc) is 2.67. The number of hydrogen-bond acceptors (Lipinski definition) is 4. The molecule has 8 heteroatoms. The van der Waals surface area contributed by atoms with Crippen LogP contribution in [-0.2, 0) is 16.0 Å². The molecule has 4 nitrogen and oxygen atoms in total. The lowest BCUT2D eigenvalue weighted by Gasteiger charge is -2.18. The van der Waals surface area contributed by atoms with Crippen LogP contribution in [0.1, 0.15) is 17.5 Å². The van der Waals surface area contributed by atoms with Crippen LogP contribution in [0.2, 0.25) is 0 Å². The molecule has 108 valence electrons. The first-order valence-electron chi connectivity index (χ1n) is 5.79. The first-order chi connectivity index (χ1) is 9.21. The molecule has 1 fully saturated rings. The van der Waals surface area contributed by atoms with Crippen LogP contribution < -0.4 is 5.32 Å². The van der Waals surface area contributed by atoms with Gasteiger partial charge in [0.05, 0.1) is 28.7 Å². The molecule has 1 aromatic rings. The number of nitrogens with one attached hydrogen (secondary N) is 1. The molecule has 1 saturated heterocycles. The Morgan fingerprint density at radius 2 is 2.05 bits per heavy atom. The molecule has 0 unspecified atom stereocenters. The SMILES string of the molecule is N#Cc1ccc(C(F)(F)F)c(N[C@H]2CCS(=O)(=O)C2)c1. The third-order valence-electron chi connectivity index (χ3n) is 3.05. The molecule has 0 aromatic heterocycles. The summed E-state index contributed by atoms with van der Waals surface area (Å²) in [6.07, 6.45) is -4.30. The van der Waals surface area contributed by atoms with E-state index in [-0.39, 0.29) is 29.2 Å². The Morgan fingerprint density at radius 1 is 1.35 bits per heavy atom. The molecule has 0 amide bonds. The van der Waals surface area contributed by atoms with Crippen molar-refractivity contribution in [2.24, 2.45) is 0 Å². The fourth-order valence-electron chi connectivity index (χ4n) is 2.11. The Balaban J connectivity index is 2.32. The number of sulfone groups is 1. The number of nitriles is 1. The summed E-state index contributed by atoms with van der Waals surface area (Å²) in [5.41, 5.74) is -1.07. The van der Waals surface area contributed by atoms with Gasteiger partial charge in [-0.05, 0) is 24.6 Å². The van der Waals surface area contributed by atoms with E-state index in [0.717, 1.165) is 18.2 Å². The number of rotatable bonds is 2. The Morgan fingerprint density at radius 3 is 2.55 bits per heavy atom. The molecule has 20 heavy (non-hydrogen) atoms. The van der Waals surface area contributed by atoms with Crippen molar-refractivity contribution in [1.29, 1.82) is 5.26 Å². The second-order valence-corrected chi connectivity index (χ2v) is 6.84. The average molecular weight is 304 g/mol. The first kappa shape index (κ1) is 14.7. The summed E-state index contributed by atoms with van der Waals surface area (Å²) in [6.45, 7) is 0. The number of nitrogens with zero attached hydrogens (tertiary/aromatic N) is 1. The number of benzene rings is 1. The summed E-state index contributed by atoms with van der Waals surface area (Å²) in [5, 5.41) is 11.3. The van der Waals surface area contributed by atoms with Crippen LogP contribution in [0, 0.1) is 11.3 Å². The van der Waals surface area contributed by atoms with Gasteiger partial charge in [-0.3, -0.25) is 0 Å². The number of halogens is 3. The second kappa shape index (κ2) is 4.98. The molecule has 1 aliphatic heterocycles. The van der Waals surface area contributed by atoms with Crippen LogP contribution in [0.4, 0.5) is 18.9 Å². The molecular weight excluding hydrogens is 293 g/mol. The van der Waals surface area contributed by atoms with Crippen molar-refractivity contribution < 1.29 is 21.6 Å². The molecule has 1 aromatic carbocycles. The minimum absolute atomic E-state index is 0.0377. The second-order valence-electron chi connectivity index (χ2n) is 4.61. The van der Waals surface area contributed by atoms with E-state index in [1.807, 2.05) is 0 Å². The lowest BCUT2D eigenvalue weighted by Crippen LogP contribution is -2.23. The fourth-order valence-corrected chi connectivity index (χ4v) is 3.78. The molecule has 0 radical (unpaired) electrons. The van der Waals surface area contributed by atoms with E-state index in [9.17, 15) is 21.6 Å².